The quantitative estimate of drug-likeness (QED) is 0.927. The molecule has 1 aromatic carbocycles. The van der Waals surface area contributed by atoms with Gasteiger partial charge in [-0.1, -0.05) is 30.3 Å². The number of nitrogens with one attached hydrogen (secondary N) is 1. The lowest BCUT2D eigenvalue weighted by Gasteiger charge is -2.18. The minimum Gasteiger partial charge on any atom is -0.420 e. The molecule has 0 aliphatic carbocycles. The first-order valence-corrected chi connectivity index (χ1v) is 6.93. The largest absolute Gasteiger partial charge is 0.420 e. The third-order valence-electron chi connectivity index (χ3n) is 3.78. The van der Waals surface area contributed by atoms with Crippen LogP contribution in [0.5, 0.6) is 0 Å². The predicted octanol–water partition coefficient (Wildman–Crippen LogP) is 2.40. The molecule has 5 nitrogen and oxygen atoms in total. The Kier molecular flexibility index (Phi) is 3.54. The van der Waals surface area contributed by atoms with E-state index in [9.17, 15) is 0 Å². The summed E-state index contributed by atoms with van der Waals surface area (Å²) in [6, 6.07) is 9.97. The molecule has 0 radical (unpaired) electrons. The highest BCUT2D eigenvalue weighted by Crippen LogP contribution is 2.35. The highest BCUT2D eigenvalue weighted by atomic mass is 16.5. The van der Waals surface area contributed by atoms with Crippen molar-refractivity contribution in [3.63, 3.8) is 0 Å². The summed E-state index contributed by atoms with van der Waals surface area (Å²) in [5.74, 6) is 1.15. The van der Waals surface area contributed by atoms with Gasteiger partial charge in [0.05, 0.1) is 0 Å². The Labute approximate surface area is 118 Å². The number of rotatable bonds is 4. The molecule has 1 aromatic heterocycles. The van der Waals surface area contributed by atoms with Crippen LogP contribution in [0.3, 0.4) is 0 Å². The van der Waals surface area contributed by atoms with Crippen molar-refractivity contribution in [3.05, 3.63) is 47.7 Å². The van der Waals surface area contributed by atoms with Crippen LogP contribution in [0.15, 0.2) is 34.7 Å². The molecular weight excluding hydrogens is 254 g/mol. The maximum Gasteiger partial charge on any atom is 0.248 e. The van der Waals surface area contributed by atoms with Crippen LogP contribution in [0.2, 0.25) is 0 Å². The van der Waals surface area contributed by atoms with Gasteiger partial charge in [-0.3, -0.25) is 0 Å². The van der Waals surface area contributed by atoms with Crippen molar-refractivity contribution in [2.45, 2.75) is 31.4 Å². The molecule has 0 bridgehead atoms. The number of ether oxygens (including phenoxy) is 1. The molecule has 1 aliphatic heterocycles. The van der Waals surface area contributed by atoms with Gasteiger partial charge in [-0.2, -0.15) is 0 Å². The second-order valence-electron chi connectivity index (χ2n) is 5.26. The van der Waals surface area contributed by atoms with Gasteiger partial charge >= 0.3 is 0 Å². The second kappa shape index (κ2) is 5.34. The van der Waals surface area contributed by atoms with Crippen LogP contribution in [0.25, 0.3) is 0 Å². The van der Waals surface area contributed by atoms with Crippen LogP contribution in [-0.4, -0.2) is 23.9 Å². The Morgan fingerprint density at radius 3 is 2.70 bits per heavy atom. The van der Waals surface area contributed by atoms with Gasteiger partial charge < -0.3 is 14.5 Å². The summed E-state index contributed by atoms with van der Waals surface area (Å²) in [5, 5.41) is 11.6. The molecule has 1 fully saturated rings. The Bertz CT molecular complexity index is 562. The van der Waals surface area contributed by atoms with E-state index in [4.69, 9.17) is 9.15 Å². The number of hydrogen-bond acceptors (Lipinski definition) is 5. The molecule has 2 unspecified atom stereocenters. The zero-order valence-corrected chi connectivity index (χ0v) is 11.8. The SMILES string of the molecule is CNC(c1ccccc1)c1nnc(C2(C)CCCO2)o1. The summed E-state index contributed by atoms with van der Waals surface area (Å²) in [6.07, 6.45) is 1.95. The van der Waals surface area contributed by atoms with E-state index in [-0.39, 0.29) is 6.04 Å². The van der Waals surface area contributed by atoms with Gasteiger partial charge in [0.25, 0.3) is 0 Å². The van der Waals surface area contributed by atoms with Crippen LogP contribution in [-0.2, 0) is 10.3 Å². The average molecular weight is 273 g/mol. The molecule has 1 saturated heterocycles. The van der Waals surface area contributed by atoms with Crippen LogP contribution in [0.4, 0.5) is 0 Å². The van der Waals surface area contributed by atoms with Crippen LogP contribution >= 0.6 is 0 Å². The second-order valence-corrected chi connectivity index (χ2v) is 5.26. The zero-order valence-electron chi connectivity index (χ0n) is 11.8. The van der Waals surface area contributed by atoms with Crippen molar-refractivity contribution >= 4 is 0 Å². The maximum atomic E-state index is 5.87. The third kappa shape index (κ3) is 2.34. The molecule has 106 valence electrons. The van der Waals surface area contributed by atoms with Gasteiger partial charge in [-0.05, 0) is 32.4 Å². The van der Waals surface area contributed by atoms with E-state index < -0.39 is 5.60 Å². The van der Waals surface area contributed by atoms with Gasteiger partial charge in [-0.15, -0.1) is 10.2 Å². The minimum atomic E-state index is -0.430. The Balaban J connectivity index is 1.89. The van der Waals surface area contributed by atoms with Crippen LogP contribution in [0.1, 0.15) is 43.2 Å². The summed E-state index contributed by atoms with van der Waals surface area (Å²) in [7, 11) is 1.88. The number of nitrogens with zero attached hydrogens (tertiary/aromatic N) is 2. The summed E-state index contributed by atoms with van der Waals surface area (Å²) in [6.45, 7) is 2.76. The van der Waals surface area contributed by atoms with Gasteiger partial charge in [-0.25, -0.2) is 0 Å². The van der Waals surface area contributed by atoms with E-state index in [1.54, 1.807) is 0 Å². The molecule has 3 rings (SSSR count). The van der Waals surface area contributed by atoms with Gasteiger partial charge in [0.2, 0.25) is 11.8 Å². The van der Waals surface area contributed by atoms with E-state index in [1.807, 2.05) is 44.3 Å². The van der Waals surface area contributed by atoms with E-state index in [0.29, 0.717) is 11.8 Å². The first-order chi connectivity index (χ1) is 9.73. The predicted molar refractivity (Wildman–Crippen MR) is 74.2 cm³/mol. The molecule has 20 heavy (non-hydrogen) atoms. The highest BCUT2D eigenvalue weighted by Gasteiger charge is 2.38. The molecule has 0 spiro atoms. The number of benzene rings is 1. The molecule has 2 heterocycles. The van der Waals surface area contributed by atoms with Crippen molar-refractivity contribution in [2.24, 2.45) is 0 Å². The maximum absolute atomic E-state index is 5.87. The topological polar surface area (TPSA) is 60.2 Å². The molecule has 1 N–H and O–H groups in total. The van der Waals surface area contributed by atoms with Crippen molar-refractivity contribution in [1.82, 2.24) is 15.5 Å². The highest BCUT2D eigenvalue weighted by molar-refractivity contribution is 5.23. The fourth-order valence-corrected chi connectivity index (χ4v) is 2.59. The van der Waals surface area contributed by atoms with Crippen molar-refractivity contribution < 1.29 is 9.15 Å². The van der Waals surface area contributed by atoms with Crippen molar-refractivity contribution in [3.8, 4) is 0 Å². The summed E-state index contributed by atoms with van der Waals surface area (Å²) in [4.78, 5) is 0. The summed E-state index contributed by atoms with van der Waals surface area (Å²) < 4.78 is 11.6. The summed E-state index contributed by atoms with van der Waals surface area (Å²) in [5.41, 5.74) is 0.669. The lowest BCUT2D eigenvalue weighted by atomic mass is 10.0. The van der Waals surface area contributed by atoms with Crippen LogP contribution < -0.4 is 5.32 Å². The molecule has 0 amide bonds. The standard InChI is InChI=1S/C15H19N3O2/c1-15(9-6-10-19-15)14-18-17-13(20-14)12(16-2)11-7-4-3-5-8-11/h3-5,7-8,12,16H,6,9-10H2,1-2H3. The molecule has 2 aromatic rings. The molecule has 1 aliphatic rings. The van der Waals surface area contributed by atoms with Crippen LogP contribution in [0, 0.1) is 0 Å². The number of aromatic nitrogens is 2. The molecule has 5 heteroatoms. The minimum absolute atomic E-state index is 0.0950. The molecular formula is C15H19N3O2. The summed E-state index contributed by atoms with van der Waals surface area (Å²) >= 11 is 0. The van der Waals surface area contributed by atoms with Gasteiger partial charge in [0, 0.05) is 6.61 Å². The van der Waals surface area contributed by atoms with E-state index in [0.717, 1.165) is 25.0 Å². The smallest absolute Gasteiger partial charge is 0.248 e. The zero-order chi connectivity index (χ0) is 14.0. The van der Waals surface area contributed by atoms with Gasteiger partial charge in [0.15, 0.2) is 0 Å². The molecule has 0 saturated carbocycles. The first kappa shape index (κ1) is 13.3. The normalized spacial score (nSPS) is 23.9. The fourth-order valence-electron chi connectivity index (χ4n) is 2.59. The lowest BCUT2D eigenvalue weighted by Crippen LogP contribution is -2.20. The van der Waals surface area contributed by atoms with Crippen molar-refractivity contribution in [2.75, 3.05) is 13.7 Å². The fraction of sp³-hybridized carbons (Fsp3) is 0.467. The van der Waals surface area contributed by atoms with E-state index in [2.05, 4.69) is 15.5 Å². The lowest BCUT2D eigenvalue weighted by molar-refractivity contribution is -0.00635. The monoisotopic (exact) mass is 273 g/mol. The average Bonchev–Trinajstić information content (AvgIpc) is 3.11. The van der Waals surface area contributed by atoms with E-state index >= 15 is 0 Å². The Morgan fingerprint density at radius 2 is 2.05 bits per heavy atom. The molecule has 2 atom stereocenters. The number of hydrogen-bond donors (Lipinski definition) is 1. The Morgan fingerprint density at radius 1 is 1.25 bits per heavy atom. The van der Waals surface area contributed by atoms with Crippen molar-refractivity contribution in [1.29, 1.82) is 0 Å². The first-order valence-electron chi connectivity index (χ1n) is 6.93. The Hall–Kier alpha value is -1.72. The third-order valence-corrected chi connectivity index (χ3v) is 3.78. The van der Waals surface area contributed by atoms with Gasteiger partial charge in [0.1, 0.15) is 11.6 Å². The van der Waals surface area contributed by atoms with E-state index in [1.165, 1.54) is 0 Å².